The molecule has 21 heavy (non-hydrogen) atoms. The molecule has 5 nitrogen and oxygen atoms in total. The minimum absolute atomic E-state index is 0.137. The van der Waals surface area contributed by atoms with Crippen LogP contribution in [-0.4, -0.2) is 35.5 Å². The normalized spacial score (nSPS) is 16.3. The van der Waals surface area contributed by atoms with Crippen LogP contribution in [0.5, 0.6) is 0 Å². The van der Waals surface area contributed by atoms with Crippen LogP contribution in [0.1, 0.15) is 50.5 Å². The van der Waals surface area contributed by atoms with Crippen LogP contribution in [0.2, 0.25) is 0 Å². The maximum absolute atomic E-state index is 11.9. The first kappa shape index (κ1) is 15.7. The molecule has 1 aliphatic rings. The number of carbonyl (C=O) groups is 1. The molecule has 116 valence electrons. The highest BCUT2D eigenvalue weighted by molar-refractivity contribution is 5.91. The van der Waals surface area contributed by atoms with E-state index in [1.165, 1.54) is 12.8 Å². The Bertz CT molecular complexity index is 450. The Hall–Kier alpha value is -1.65. The van der Waals surface area contributed by atoms with Crippen molar-refractivity contribution >= 4 is 11.7 Å². The molecule has 0 radical (unpaired) electrons. The van der Waals surface area contributed by atoms with E-state index in [0.717, 1.165) is 31.2 Å². The second-order valence-corrected chi connectivity index (χ2v) is 6.37. The number of hydrogen-bond acceptors (Lipinski definition) is 4. The second kappa shape index (κ2) is 7.38. The summed E-state index contributed by atoms with van der Waals surface area (Å²) in [5, 5.41) is 2.88. The zero-order valence-electron chi connectivity index (χ0n) is 13.3. The third-order valence-electron chi connectivity index (χ3n) is 3.99. The fraction of sp³-hybridized carbons (Fsp3) is 0.688. The minimum Gasteiger partial charge on any atom is -0.355 e. The van der Waals surface area contributed by atoms with Gasteiger partial charge in [-0.05, 0) is 31.1 Å². The Labute approximate surface area is 127 Å². The van der Waals surface area contributed by atoms with Crippen LogP contribution >= 0.6 is 0 Å². The van der Waals surface area contributed by atoms with Crippen LogP contribution in [0.15, 0.2) is 12.4 Å². The van der Waals surface area contributed by atoms with Crippen LogP contribution < -0.4 is 10.2 Å². The van der Waals surface area contributed by atoms with Gasteiger partial charge in [-0.15, -0.1) is 0 Å². The van der Waals surface area contributed by atoms with Gasteiger partial charge in [-0.1, -0.05) is 20.8 Å². The topological polar surface area (TPSA) is 58.1 Å². The lowest BCUT2D eigenvalue weighted by Crippen LogP contribution is -2.33. The summed E-state index contributed by atoms with van der Waals surface area (Å²) in [4.78, 5) is 22.8. The van der Waals surface area contributed by atoms with Crippen LogP contribution in [0.25, 0.3) is 0 Å². The van der Waals surface area contributed by atoms with Crippen LogP contribution in [0, 0.1) is 11.8 Å². The third kappa shape index (κ3) is 4.69. The second-order valence-electron chi connectivity index (χ2n) is 6.37. The van der Waals surface area contributed by atoms with Gasteiger partial charge in [-0.25, -0.2) is 9.97 Å². The van der Waals surface area contributed by atoms with E-state index < -0.39 is 0 Å². The maximum atomic E-state index is 11.9. The average Bonchev–Trinajstić information content (AvgIpc) is 2.48. The van der Waals surface area contributed by atoms with Gasteiger partial charge in [0, 0.05) is 19.6 Å². The zero-order chi connectivity index (χ0) is 15.2. The fourth-order valence-electron chi connectivity index (χ4n) is 2.40. The molecule has 0 aromatic carbocycles. The van der Waals surface area contributed by atoms with Gasteiger partial charge in [0.2, 0.25) is 0 Å². The van der Waals surface area contributed by atoms with Gasteiger partial charge in [0.25, 0.3) is 5.91 Å². The molecule has 0 aliphatic carbocycles. The number of hydrogen-bond donors (Lipinski definition) is 1. The summed E-state index contributed by atoms with van der Waals surface area (Å²) in [5.41, 5.74) is 0.396. The van der Waals surface area contributed by atoms with E-state index in [1.54, 1.807) is 12.4 Å². The monoisotopic (exact) mass is 290 g/mol. The summed E-state index contributed by atoms with van der Waals surface area (Å²) in [5.74, 6) is 2.11. The summed E-state index contributed by atoms with van der Waals surface area (Å²) in [6.45, 7) is 9.30. The van der Waals surface area contributed by atoms with Gasteiger partial charge in [0.15, 0.2) is 0 Å². The molecule has 5 heteroatoms. The van der Waals surface area contributed by atoms with Crippen molar-refractivity contribution in [3.8, 4) is 0 Å². The quantitative estimate of drug-likeness (QED) is 0.905. The first-order valence-electron chi connectivity index (χ1n) is 7.91. The van der Waals surface area contributed by atoms with Crippen molar-refractivity contribution in [3.05, 3.63) is 18.1 Å². The Kier molecular flexibility index (Phi) is 5.53. The van der Waals surface area contributed by atoms with Gasteiger partial charge in [0.1, 0.15) is 11.5 Å². The van der Waals surface area contributed by atoms with Gasteiger partial charge < -0.3 is 10.2 Å². The maximum Gasteiger partial charge on any atom is 0.271 e. The van der Waals surface area contributed by atoms with Crippen molar-refractivity contribution in [3.63, 3.8) is 0 Å². The highest BCUT2D eigenvalue weighted by atomic mass is 16.1. The Morgan fingerprint density at radius 1 is 1.33 bits per heavy atom. The van der Waals surface area contributed by atoms with Gasteiger partial charge in [0.05, 0.1) is 12.4 Å². The third-order valence-corrected chi connectivity index (χ3v) is 3.99. The van der Waals surface area contributed by atoms with Gasteiger partial charge in [-0.3, -0.25) is 4.79 Å². The van der Waals surface area contributed by atoms with E-state index in [2.05, 4.69) is 41.0 Å². The molecular formula is C16H26N4O. The first-order chi connectivity index (χ1) is 10.1. The summed E-state index contributed by atoms with van der Waals surface area (Å²) in [6.07, 6.45) is 6.66. The highest BCUT2D eigenvalue weighted by Crippen LogP contribution is 2.20. The lowest BCUT2D eigenvalue weighted by Gasteiger charge is -2.30. The van der Waals surface area contributed by atoms with E-state index in [9.17, 15) is 4.79 Å². The molecule has 1 aromatic heterocycles. The van der Waals surface area contributed by atoms with Gasteiger partial charge >= 0.3 is 0 Å². The molecule has 0 bridgehead atoms. The predicted molar refractivity (Wildman–Crippen MR) is 84.4 cm³/mol. The first-order valence-corrected chi connectivity index (χ1v) is 7.91. The molecule has 0 saturated carbocycles. The van der Waals surface area contributed by atoms with E-state index in [4.69, 9.17) is 0 Å². The number of rotatable bonds is 5. The van der Waals surface area contributed by atoms with Crippen molar-refractivity contribution in [2.45, 2.75) is 40.0 Å². The zero-order valence-corrected chi connectivity index (χ0v) is 13.3. The summed E-state index contributed by atoms with van der Waals surface area (Å²) >= 11 is 0. The molecule has 1 aliphatic heterocycles. The van der Waals surface area contributed by atoms with Crippen LogP contribution in [-0.2, 0) is 0 Å². The number of nitrogens with zero attached hydrogens (tertiary/aromatic N) is 3. The van der Waals surface area contributed by atoms with Crippen molar-refractivity contribution in [1.82, 2.24) is 15.3 Å². The summed E-state index contributed by atoms with van der Waals surface area (Å²) in [6, 6.07) is 0. The highest BCUT2D eigenvalue weighted by Gasteiger charge is 2.17. The molecule has 0 atom stereocenters. The van der Waals surface area contributed by atoms with Crippen LogP contribution in [0.4, 0.5) is 5.82 Å². The van der Waals surface area contributed by atoms with Crippen LogP contribution in [0.3, 0.4) is 0 Å². The smallest absolute Gasteiger partial charge is 0.271 e. The molecule has 0 unspecified atom stereocenters. The minimum atomic E-state index is -0.137. The molecule has 2 heterocycles. The molecule has 0 spiro atoms. The SMILES string of the molecule is CC(C)CCNC(=O)c1cnc(N2CCC(C)CC2)cn1. The molecule has 1 fully saturated rings. The number of amides is 1. The number of nitrogens with one attached hydrogen (secondary N) is 1. The van der Waals surface area contributed by atoms with E-state index >= 15 is 0 Å². The van der Waals surface area contributed by atoms with Crippen molar-refractivity contribution in [2.75, 3.05) is 24.5 Å². The molecule has 2 rings (SSSR count). The predicted octanol–water partition coefficient (Wildman–Crippen LogP) is 2.49. The van der Waals surface area contributed by atoms with Crippen molar-refractivity contribution in [2.24, 2.45) is 11.8 Å². The molecular weight excluding hydrogens is 264 g/mol. The lowest BCUT2D eigenvalue weighted by molar-refractivity contribution is 0.0946. The molecule has 1 saturated heterocycles. The average molecular weight is 290 g/mol. The van der Waals surface area contributed by atoms with E-state index in [-0.39, 0.29) is 5.91 Å². The number of anilines is 1. The molecule has 1 amide bonds. The number of carbonyl (C=O) groups excluding carboxylic acids is 1. The Morgan fingerprint density at radius 2 is 2.05 bits per heavy atom. The van der Waals surface area contributed by atoms with Gasteiger partial charge in [-0.2, -0.15) is 0 Å². The fourth-order valence-corrected chi connectivity index (χ4v) is 2.40. The van der Waals surface area contributed by atoms with E-state index in [0.29, 0.717) is 18.2 Å². The molecule has 1 aromatic rings. The Balaban J connectivity index is 1.88. The molecule has 1 N–H and O–H groups in total. The number of piperidine rings is 1. The lowest BCUT2D eigenvalue weighted by atomic mass is 9.99. The largest absolute Gasteiger partial charge is 0.355 e. The number of aromatic nitrogens is 2. The standard InChI is InChI=1S/C16H26N4O/c1-12(2)4-7-17-16(21)14-10-19-15(11-18-14)20-8-5-13(3)6-9-20/h10-13H,4-9H2,1-3H3,(H,17,21). The summed E-state index contributed by atoms with van der Waals surface area (Å²) in [7, 11) is 0. The Morgan fingerprint density at radius 3 is 2.62 bits per heavy atom. The van der Waals surface area contributed by atoms with Crippen molar-refractivity contribution in [1.29, 1.82) is 0 Å². The van der Waals surface area contributed by atoms with Crippen molar-refractivity contribution < 1.29 is 4.79 Å². The summed E-state index contributed by atoms with van der Waals surface area (Å²) < 4.78 is 0. The van der Waals surface area contributed by atoms with E-state index in [1.807, 2.05) is 0 Å².